The van der Waals surface area contributed by atoms with Crippen molar-refractivity contribution in [1.82, 2.24) is 5.16 Å². The Balaban J connectivity index is 2.67. The summed E-state index contributed by atoms with van der Waals surface area (Å²) in [5, 5.41) is 4.94. The summed E-state index contributed by atoms with van der Waals surface area (Å²) in [6.45, 7) is 6.08. The van der Waals surface area contributed by atoms with Gasteiger partial charge in [0, 0.05) is 16.0 Å². The number of nitrogens with two attached hydrogens (primary N) is 1. The van der Waals surface area contributed by atoms with Crippen LogP contribution < -0.4 is 5.73 Å². The topological polar surface area (TPSA) is 52.0 Å². The van der Waals surface area contributed by atoms with Crippen LogP contribution in [0.2, 0.25) is 10.0 Å². The molecule has 0 saturated carbocycles. The molecule has 2 rings (SSSR count). The van der Waals surface area contributed by atoms with Crippen molar-refractivity contribution in [3.8, 4) is 11.1 Å². The molecule has 96 valence electrons. The van der Waals surface area contributed by atoms with Crippen molar-refractivity contribution in [3.05, 3.63) is 34.0 Å². The average Bonchev–Trinajstić information content (AvgIpc) is 2.60. The number of nitrogens with zero attached hydrogens (tertiary/aromatic N) is 1. The molecule has 0 aliphatic carbocycles. The van der Waals surface area contributed by atoms with E-state index in [1.54, 1.807) is 12.1 Å². The lowest BCUT2D eigenvalue weighted by molar-refractivity contribution is 0.332. The van der Waals surface area contributed by atoms with Gasteiger partial charge >= 0.3 is 0 Å². The van der Waals surface area contributed by atoms with Gasteiger partial charge in [-0.2, -0.15) is 0 Å². The molecule has 0 radical (unpaired) electrons. The molecule has 0 saturated heterocycles. The summed E-state index contributed by atoms with van der Waals surface area (Å²) < 4.78 is 5.33. The molecule has 0 amide bonds. The predicted molar refractivity (Wildman–Crippen MR) is 75.1 cm³/mol. The smallest absolute Gasteiger partial charge is 0.175 e. The highest BCUT2D eigenvalue weighted by atomic mass is 35.5. The molecule has 0 unspecified atom stereocenters. The maximum absolute atomic E-state index is 6.21. The molecule has 0 atom stereocenters. The van der Waals surface area contributed by atoms with Gasteiger partial charge in [0.05, 0.1) is 10.6 Å². The fourth-order valence-electron chi connectivity index (χ4n) is 1.77. The number of benzene rings is 1. The number of rotatable bonds is 1. The van der Waals surface area contributed by atoms with Gasteiger partial charge in [0.25, 0.3) is 0 Å². The van der Waals surface area contributed by atoms with Crippen molar-refractivity contribution >= 4 is 29.0 Å². The van der Waals surface area contributed by atoms with Gasteiger partial charge in [-0.25, -0.2) is 0 Å². The van der Waals surface area contributed by atoms with Crippen molar-refractivity contribution in [3.63, 3.8) is 0 Å². The van der Waals surface area contributed by atoms with Gasteiger partial charge < -0.3 is 10.3 Å². The third-order valence-electron chi connectivity index (χ3n) is 2.60. The van der Waals surface area contributed by atoms with Crippen molar-refractivity contribution in [2.24, 2.45) is 0 Å². The van der Waals surface area contributed by atoms with Crippen LogP contribution in [0.5, 0.6) is 0 Å². The molecule has 5 heteroatoms. The second-order valence-electron chi connectivity index (χ2n) is 5.15. The zero-order valence-electron chi connectivity index (χ0n) is 10.4. The van der Waals surface area contributed by atoms with Crippen molar-refractivity contribution in [1.29, 1.82) is 0 Å². The molecule has 1 aromatic heterocycles. The fourth-order valence-corrected chi connectivity index (χ4v) is 2.27. The van der Waals surface area contributed by atoms with Crippen LogP contribution in [-0.4, -0.2) is 5.16 Å². The van der Waals surface area contributed by atoms with E-state index in [-0.39, 0.29) is 5.41 Å². The molecule has 3 nitrogen and oxygen atoms in total. The van der Waals surface area contributed by atoms with Gasteiger partial charge in [0.2, 0.25) is 0 Å². The molecule has 2 N–H and O–H groups in total. The summed E-state index contributed by atoms with van der Waals surface area (Å²) >= 11 is 12.1. The maximum Gasteiger partial charge on any atom is 0.175 e. The molecular weight excluding hydrogens is 271 g/mol. The van der Waals surface area contributed by atoms with E-state index in [4.69, 9.17) is 33.5 Å². The summed E-state index contributed by atoms with van der Waals surface area (Å²) in [4.78, 5) is 0. The van der Waals surface area contributed by atoms with E-state index in [1.165, 1.54) is 0 Å². The summed E-state index contributed by atoms with van der Waals surface area (Å²) in [6.07, 6.45) is 0. The van der Waals surface area contributed by atoms with Crippen LogP contribution in [0, 0.1) is 0 Å². The molecule has 0 bridgehead atoms. The Kier molecular flexibility index (Phi) is 3.30. The number of hydrogen-bond acceptors (Lipinski definition) is 3. The van der Waals surface area contributed by atoms with Gasteiger partial charge in [0.15, 0.2) is 11.6 Å². The summed E-state index contributed by atoms with van der Waals surface area (Å²) in [7, 11) is 0. The fraction of sp³-hybridized carbons (Fsp3) is 0.308. The Labute approximate surface area is 116 Å². The first-order valence-electron chi connectivity index (χ1n) is 5.51. The normalized spacial score (nSPS) is 11.8. The van der Waals surface area contributed by atoms with Crippen molar-refractivity contribution in [2.45, 2.75) is 26.2 Å². The quantitative estimate of drug-likeness (QED) is 0.837. The summed E-state index contributed by atoms with van der Waals surface area (Å²) in [5.74, 6) is 1.05. The molecule has 1 aromatic carbocycles. The molecule has 2 aromatic rings. The van der Waals surface area contributed by atoms with E-state index >= 15 is 0 Å². The van der Waals surface area contributed by atoms with E-state index in [1.807, 2.05) is 26.8 Å². The van der Waals surface area contributed by atoms with E-state index in [0.29, 0.717) is 21.6 Å². The van der Waals surface area contributed by atoms with E-state index in [9.17, 15) is 0 Å². The van der Waals surface area contributed by atoms with Crippen LogP contribution in [0.3, 0.4) is 0 Å². The Morgan fingerprint density at radius 1 is 1.22 bits per heavy atom. The molecule has 18 heavy (non-hydrogen) atoms. The zero-order valence-corrected chi connectivity index (χ0v) is 11.9. The minimum Gasteiger partial charge on any atom is -0.380 e. The third-order valence-corrected chi connectivity index (χ3v) is 3.15. The number of anilines is 1. The zero-order chi connectivity index (χ0) is 13.5. The molecule has 0 aliphatic heterocycles. The van der Waals surface area contributed by atoms with Gasteiger partial charge in [-0.3, -0.25) is 0 Å². The van der Waals surface area contributed by atoms with E-state index < -0.39 is 0 Å². The van der Waals surface area contributed by atoms with Gasteiger partial charge in [-0.05, 0) is 12.1 Å². The van der Waals surface area contributed by atoms with Crippen LogP contribution in [-0.2, 0) is 5.41 Å². The second-order valence-corrected chi connectivity index (χ2v) is 5.99. The highest BCUT2D eigenvalue weighted by Crippen LogP contribution is 2.40. The summed E-state index contributed by atoms with van der Waals surface area (Å²) in [5.41, 5.74) is 7.20. The first kappa shape index (κ1) is 13.2. The highest BCUT2D eigenvalue weighted by Gasteiger charge is 2.27. The lowest BCUT2D eigenvalue weighted by Crippen LogP contribution is -2.11. The Hall–Kier alpha value is -1.19. The van der Waals surface area contributed by atoms with Crippen molar-refractivity contribution in [2.75, 3.05) is 5.73 Å². The van der Waals surface area contributed by atoms with E-state index in [2.05, 4.69) is 5.16 Å². The summed E-state index contributed by atoms with van der Waals surface area (Å²) in [6, 6.07) is 5.27. The van der Waals surface area contributed by atoms with Crippen molar-refractivity contribution < 1.29 is 4.52 Å². The van der Waals surface area contributed by atoms with E-state index in [0.717, 1.165) is 11.1 Å². The monoisotopic (exact) mass is 284 g/mol. The van der Waals surface area contributed by atoms with Crippen LogP contribution in [0.25, 0.3) is 11.1 Å². The molecule has 0 fully saturated rings. The maximum atomic E-state index is 6.21. The van der Waals surface area contributed by atoms with Crippen LogP contribution in [0.4, 0.5) is 5.82 Å². The lowest BCUT2D eigenvalue weighted by atomic mass is 9.88. The van der Waals surface area contributed by atoms with Gasteiger partial charge in [0.1, 0.15) is 0 Å². The average molecular weight is 285 g/mol. The Bertz CT molecular complexity index is 585. The first-order valence-corrected chi connectivity index (χ1v) is 6.27. The SMILES string of the molecule is CC(C)(C)c1onc(N)c1-c1ccc(Cl)cc1Cl. The predicted octanol–water partition coefficient (Wildman–Crippen LogP) is 4.53. The molecule has 1 heterocycles. The van der Waals surface area contributed by atoms with Crippen LogP contribution in [0.1, 0.15) is 26.5 Å². The molecule has 0 aliphatic rings. The minimum absolute atomic E-state index is 0.205. The minimum atomic E-state index is -0.205. The van der Waals surface area contributed by atoms with Crippen LogP contribution >= 0.6 is 23.2 Å². The van der Waals surface area contributed by atoms with Gasteiger partial charge in [-0.15, -0.1) is 0 Å². The number of nitrogen functional groups attached to an aromatic ring is 1. The molecule has 0 spiro atoms. The highest BCUT2D eigenvalue weighted by molar-refractivity contribution is 6.36. The lowest BCUT2D eigenvalue weighted by Gasteiger charge is -2.16. The van der Waals surface area contributed by atoms with Crippen LogP contribution in [0.15, 0.2) is 22.7 Å². The number of aromatic nitrogens is 1. The standard InChI is InChI=1S/C13H14Cl2N2O/c1-13(2,3)11-10(12(16)17-18-11)8-5-4-7(14)6-9(8)15/h4-6H,1-3H3,(H2,16,17). The second kappa shape index (κ2) is 4.48. The van der Waals surface area contributed by atoms with Gasteiger partial charge in [-0.1, -0.05) is 55.2 Å². The first-order chi connectivity index (χ1) is 8.30. The molecular formula is C13H14Cl2N2O. The Morgan fingerprint density at radius 2 is 1.89 bits per heavy atom. The third kappa shape index (κ3) is 2.33. The Morgan fingerprint density at radius 3 is 2.44 bits per heavy atom. The largest absolute Gasteiger partial charge is 0.380 e. The number of hydrogen-bond donors (Lipinski definition) is 1. The number of halogens is 2.